The second kappa shape index (κ2) is 7.11. The van der Waals surface area contributed by atoms with Gasteiger partial charge in [-0.1, -0.05) is 41.0 Å². The van der Waals surface area contributed by atoms with Crippen LogP contribution < -0.4 is 5.32 Å². The van der Waals surface area contributed by atoms with Crippen molar-refractivity contribution in [3.8, 4) is 11.5 Å². The topological polar surface area (TPSA) is 68.0 Å². The van der Waals surface area contributed by atoms with Crippen LogP contribution in [-0.4, -0.2) is 22.4 Å². The fourth-order valence-electron chi connectivity index (χ4n) is 2.46. The summed E-state index contributed by atoms with van der Waals surface area (Å²) in [7, 11) is 0. The number of hydrogen-bond acceptors (Lipinski definition) is 6. The van der Waals surface area contributed by atoms with E-state index < -0.39 is 0 Å². The maximum Gasteiger partial charge on any atom is 0.322 e. The number of thiophene rings is 1. The molecule has 4 aromatic rings. The van der Waals surface area contributed by atoms with Gasteiger partial charge in [0.15, 0.2) is 0 Å². The number of hydrogen-bond donors (Lipinski definition) is 1. The summed E-state index contributed by atoms with van der Waals surface area (Å²) in [6.07, 6.45) is 1.99. The summed E-state index contributed by atoms with van der Waals surface area (Å²) in [6, 6.07) is 15.4. The van der Waals surface area contributed by atoms with Crippen LogP contribution >= 0.6 is 34.7 Å². The molecule has 0 saturated heterocycles. The van der Waals surface area contributed by atoms with Gasteiger partial charge in [-0.3, -0.25) is 10.1 Å². The highest BCUT2D eigenvalue weighted by molar-refractivity contribution is 7.98. The molecule has 0 atom stereocenters. The molecule has 0 fully saturated rings. The lowest BCUT2D eigenvalue weighted by molar-refractivity contribution is 0.102. The van der Waals surface area contributed by atoms with Crippen LogP contribution in [0.25, 0.3) is 21.5 Å². The standard InChI is InChI=1S/C18H12ClN3O2S2/c1-25-11-6-4-5-10(9-11)17-21-22-18(24-17)20-16(23)15-14(19)12-7-2-3-8-13(12)26-15/h2-9H,1H3,(H,20,22,23). The van der Waals surface area contributed by atoms with Crippen LogP contribution in [0.5, 0.6) is 0 Å². The third-order valence-corrected chi connectivity index (χ3v) is 6.10. The largest absolute Gasteiger partial charge is 0.403 e. The zero-order valence-electron chi connectivity index (χ0n) is 13.5. The number of benzene rings is 2. The first-order valence-electron chi connectivity index (χ1n) is 7.62. The van der Waals surface area contributed by atoms with Crippen molar-refractivity contribution < 1.29 is 9.21 Å². The van der Waals surface area contributed by atoms with Gasteiger partial charge in [-0.15, -0.1) is 28.2 Å². The lowest BCUT2D eigenvalue weighted by Gasteiger charge is -1.99. The Kier molecular flexibility index (Phi) is 4.67. The number of nitrogens with zero attached hydrogens (tertiary/aromatic N) is 2. The number of thioether (sulfide) groups is 1. The van der Waals surface area contributed by atoms with Gasteiger partial charge in [0.05, 0.1) is 5.02 Å². The van der Waals surface area contributed by atoms with Crippen molar-refractivity contribution in [3.05, 3.63) is 58.4 Å². The van der Waals surface area contributed by atoms with E-state index in [2.05, 4.69) is 15.5 Å². The van der Waals surface area contributed by atoms with Gasteiger partial charge in [0, 0.05) is 20.5 Å². The number of anilines is 1. The molecule has 2 aromatic carbocycles. The molecule has 2 aromatic heterocycles. The highest BCUT2D eigenvalue weighted by Gasteiger charge is 2.19. The number of aromatic nitrogens is 2. The third-order valence-electron chi connectivity index (χ3n) is 3.70. The molecule has 0 aliphatic heterocycles. The van der Waals surface area contributed by atoms with Gasteiger partial charge in [0.1, 0.15) is 4.88 Å². The molecular formula is C18H12ClN3O2S2. The van der Waals surface area contributed by atoms with E-state index in [-0.39, 0.29) is 11.9 Å². The molecule has 1 amide bonds. The number of carbonyl (C=O) groups is 1. The first kappa shape index (κ1) is 17.1. The summed E-state index contributed by atoms with van der Waals surface area (Å²) in [5.41, 5.74) is 0.796. The van der Waals surface area contributed by atoms with E-state index in [9.17, 15) is 4.79 Å². The normalized spacial score (nSPS) is 11.0. The second-order valence-corrected chi connectivity index (χ2v) is 7.65. The lowest BCUT2D eigenvalue weighted by atomic mass is 10.2. The Morgan fingerprint density at radius 3 is 2.85 bits per heavy atom. The van der Waals surface area contributed by atoms with E-state index in [4.69, 9.17) is 16.0 Å². The van der Waals surface area contributed by atoms with Crippen molar-refractivity contribution in [2.45, 2.75) is 4.90 Å². The minimum absolute atomic E-state index is 0.0353. The quantitative estimate of drug-likeness (QED) is 0.452. The van der Waals surface area contributed by atoms with Crippen molar-refractivity contribution in [2.24, 2.45) is 0 Å². The summed E-state index contributed by atoms with van der Waals surface area (Å²) >= 11 is 9.28. The van der Waals surface area contributed by atoms with Crippen molar-refractivity contribution in [2.75, 3.05) is 11.6 Å². The van der Waals surface area contributed by atoms with E-state index in [1.54, 1.807) is 11.8 Å². The molecule has 8 heteroatoms. The van der Waals surface area contributed by atoms with Crippen molar-refractivity contribution in [1.29, 1.82) is 0 Å². The van der Waals surface area contributed by atoms with Crippen LogP contribution in [0.4, 0.5) is 6.01 Å². The number of nitrogens with one attached hydrogen (secondary N) is 1. The maximum atomic E-state index is 12.5. The zero-order valence-corrected chi connectivity index (χ0v) is 15.9. The Balaban J connectivity index is 1.58. The molecule has 0 saturated carbocycles. The number of fused-ring (bicyclic) bond motifs is 1. The van der Waals surface area contributed by atoms with Crippen molar-refractivity contribution in [3.63, 3.8) is 0 Å². The van der Waals surface area contributed by atoms with Gasteiger partial charge >= 0.3 is 6.01 Å². The van der Waals surface area contributed by atoms with Gasteiger partial charge in [-0.2, -0.15) is 0 Å². The second-order valence-electron chi connectivity index (χ2n) is 5.34. The minimum atomic E-state index is -0.371. The summed E-state index contributed by atoms with van der Waals surface area (Å²) in [5.74, 6) is -0.0251. The van der Waals surface area contributed by atoms with E-state index in [1.165, 1.54) is 11.3 Å². The highest BCUT2D eigenvalue weighted by Crippen LogP contribution is 2.35. The average molecular weight is 402 g/mol. The Hall–Kier alpha value is -2.35. The fraction of sp³-hybridized carbons (Fsp3) is 0.0556. The van der Waals surface area contributed by atoms with Gasteiger partial charge < -0.3 is 4.42 Å². The van der Waals surface area contributed by atoms with Crippen LogP contribution in [0.3, 0.4) is 0 Å². The predicted molar refractivity (Wildman–Crippen MR) is 106 cm³/mol. The van der Waals surface area contributed by atoms with Gasteiger partial charge in [-0.05, 0) is 30.5 Å². The summed E-state index contributed by atoms with van der Waals surface area (Å²) in [5, 5.41) is 11.8. The molecule has 5 nitrogen and oxygen atoms in total. The third kappa shape index (κ3) is 3.21. The Morgan fingerprint density at radius 1 is 1.19 bits per heavy atom. The van der Waals surface area contributed by atoms with Crippen LogP contribution in [-0.2, 0) is 0 Å². The van der Waals surface area contributed by atoms with Crippen LogP contribution in [0.15, 0.2) is 57.8 Å². The van der Waals surface area contributed by atoms with Crippen molar-refractivity contribution >= 4 is 56.7 Å². The van der Waals surface area contributed by atoms with Gasteiger partial charge in [-0.25, -0.2) is 0 Å². The Labute approximate surface area is 162 Å². The predicted octanol–water partition coefficient (Wildman–Crippen LogP) is 5.58. The first-order valence-corrected chi connectivity index (χ1v) is 10.0. The first-order chi connectivity index (χ1) is 12.7. The van der Waals surface area contributed by atoms with Crippen LogP contribution in [0.2, 0.25) is 5.02 Å². The number of carbonyl (C=O) groups excluding carboxylic acids is 1. The average Bonchev–Trinajstić information content (AvgIpc) is 3.27. The number of halogens is 1. The van der Waals surface area contributed by atoms with Crippen LogP contribution in [0.1, 0.15) is 9.67 Å². The molecular weight excluding hydrogens is 390 g/mol. The molecule has 26 heavy (non-hydrogen) atoms. The molecule has 0 aliphatic carbocycles. The summed E-state index contributed by atoms with van der Waals surface area (Å²) in [6.45, 7) is 0. The molecule has 0 spiro atoms. The zero-order chi connectivity index (χ0) is 18.1. The fourth-order valence-corrected chi connectivity index (χ4v) is 4.33. The lowest BCUT2D eigenvalue weighted by Crippen LogP contribution is -2.10. The Bertz CT molecular complexity index is 1110. The summed E-state index contributed by atoms with van der Waals surface area (Å²) in [4.78, 5) is 14.0. The molecule has 1 N–H and O–H groups in total. The van der Waals surface area contributed by atoms with Crippen molar-refractivity contribution in [1.82, 2.24) is 10.2 Å². The monoisotopic (exact) mass is 401 g/mol. The highest BCUT2D eigenvalue weighted by atomic mass is 35.5. The van der Waals surface area contributed by atoms with E-state index >= 15 is 0 Å². The summed E-state index contributed by atoms with van der Waals surface area (Å²) < 4.78 is 6.52. The maximum absolute atomic E-state index is 12.5. The molecule has 130 valence electrons. The van der Waals surface area contributed by atoms with Gasteiger partial charge in [0.25, 0.3) is 5.91 Å². The minimum Gasteiger partial charge on any atom is -0.403 e. The van der Waals surface area contributed by atoms with E-state index in [0.29, 0.717) is 15.8 Å². The Morgan fingerprint density at radius 2 is 2.04 bits per heavy atom. The molecule has 0 aliphatic rings. The molecule has 0 radical (unpaired) electrons. The smallest absolute Gasteiger partial charge is 0.322 e. The van der Waals surface area contributed by atoms with Crippen LogP contribution in [0, 0.1) is 0 Å². The van der Waals surface area contributed by atoms with E-state index in [1.807, 2.05) is 54.8 Å². The van der Waals surface area contributed by atoms with E-state index in [0.717, 1.165) is 20.5 Å². The van der Waals surface area contributed by atoms with Gasteiger partial charge in [0.2, 0.25) is 5.89 Å². The number of amides is 1. The molecule has 0 bridgehead atoms. The number of rotatable bonds is 4. The molecule has 0 unspecified atom stereocenters. The molecule has 2 heterocycles. The SMILES string of the molecule is CSc1cccc(-c2nnc(NC(=O)c3sc4ccccc4c3Cl)o2)c1. The molecule has 4 rings (SSSR count).